The van der Waals surface area contributed by atoms with Crippen molar-refractivity contribution in [1.82, 2.24) is 14.9 Å². The van der Waals surface area contributed by atoms with Crippen LogP contribution in [-0.2, 0) is 11.3 Å². The SMILES string of the molecule is Cc1[se]c(C=C2C(=O)Nc3ccc(I)cc32)cc1C(=O)NCCCn1ccnc1. The van der Waals surface area contributed by atoms with Gasteiger partial charge in [0, 0.05) is 0 Å². The average molecular weight is 565 g/mol. The number of anilines is 1. The number of hydrogen-bond acceptors (Lipinski definition) is 3. The summed E-state index contributed by atoms with van der Waals surface area (Å²) in [5.74, 6) is -0.136. The standard InChI is InChI=1S/C21H19IN4O2Se/c1-13-16(20(27)24-5-2-7-26-8-6-23-12-26)10-15(29-13)11-18-17-9-14(22)3-4-19(17)25-21(18)28/h3-4,6,8-12H,2,5,7H2,1H3,(H,24,27)(H,25,28). The zero-order valence-corrected chi connectivity index (χ0v) is 19.6. The van der Waals surface area contributed by atoms with Gasteiger partial charge in [-0.15, -0.1) is 0 Å². The van der Waals surface area contributed by atoms with Crippen molar-refractivity contribution >= 4 is 66.2 Å². The molecule has 1 aromatic carbocycles. The number of carbonyl (C=O) groups excluding carboxylic acids is 2. The molecule has 2 aromatic heterocycles. The van der Waals surface area contributed by atoms with E-state index in [2.05, 4.69) is 38.2 Å². The first kappa shape index (κ1) is 20.1. The second-order valence-electron chi connectivity index (χ2n) is 6.73. The molecule has 0 aliphatic carbocycles. The first-order valence-corrected chi connectivity index (χ1v) is 12.0. The minimum absolute atomic E-state index is 0.0431. The van der Waals surface area contributed by atoms with Crippen LogP contribution in [0.15, 0.2) is 43.0 Å². The van der Waals surface area contributed by atoms with Gasteiger partial charge in [0.05, 0.1) is 0 Å². The van der Waals surface area contributed by atoms with E-state index >= 15 is 0 Å². The third kappa shape index (κ3) is 4.55. The van der Waals surface area contributed by atoms with Crippen molar-refractivity contribution in [2.45, 2.75) is 19.9 Å². The Morgan fingerprint density at radius 1 is 1.38 bits per heavy atom. The second kappa shape index (κ2) is 8.69. The van der Waals surface area contributed by atoms with Gasteiger partial charge in [0.1, 0.15) is 0 Å². The van der Waals surface area contributed by atoms with E-state index in [0.717, 1.165) is 42.2 Å². The molecule has 1 aliphatic heterocycles. The van der Waals surface area contributed by atoms with Crippen molar-refractivity contribution in [3.63, 3.8) is 0 Å². The van der Waals surface area contributed by atoms with E-state index in [1.165, 1.54) is 0 Å². The second-order valence-corrected chi connectivity index (χ2v) is 10.7. The van der Waals surface area contributed by atoms with Crippen molar-refractivity contribution < 1.29 is 9.59 Å². The maximum atomic E-state index is 12.6. The summed E-state index contributed by atoms with van der Waals surface area (Å²) in [5, 5.41) is 5.91. The molecule has 0 fully saturated rings. The molecule has 0 saturated heterocycles. The number of amides is 2. The van der Waals surface area contributed by atoms with Crippen LogP contribution in [0.5, 0.6) is 0 Å². The molecule has 29 heavy (non-hydrogen) atoms. The Morgan fingerprint density at radius 2 is 2.24 bits per heavy atom. The van der Waals surface area contributed by atoms with Crippen LogP contribution >= 0.6 is 22.6 Å². The molecular formula is C21H19IN4O2Se. The van der Waals surface area contributed by atoms with Crippen LogP contribution in [0.4, 0.5) is 5.69 Å². The molecule has 0 atom stereocenters. The van der Waals surface area contributed by atoms with Crippen molar-refractivity contribution in [3.8, 4) is 0 Å². The number of hydrogen-bond donors (Lipinski definition) is 2. The molecule has 0 radical (unpaired) electrons. The number of aromatic nitrogens is 2. The van der Waals surface area contributed by atoms with Crippen LogP contribution in [0.1, 0.15) is 31.2 Å². The van der Waals surface area contributed by atoms with E-state index in [1.54, 1.807) is 12.5 Å². The summed E-state index contributed by atoms with van der Waals surface area (Å²) < 4.78 is 5.19. The summed E-state index contributed by atoms with van der Waals surface area (Å²) in [5.41, 5.74) is 3.16. The molecule has 0 saturated carbocycles. The molecule has 0 spiro atoms. The van der Waals surface area contributed by atoms with Crippen LogP contribution in [0.2, 0.25) is 0 Å². The van der Waals surface area contributed by atoms with E-state index in [-0.39, 0.29) is 26.3 Å². The van der Waals surface area contributed by atoms with Gasteiger partial charge in [-0.2, -0.15) is 0 Å². The van der Waals surface area contributed by atoms with Gasteiger partial charge in [0.15, 0.2) is 0 Å². The molecule has 2 N–H and O–H groups in total. The Balaban J connectivity index is 1.45. The Labute approximate surface area is 188 Å². The fourth-order valence-corrected chi connectivity index (χ4v) is 5.75. The predicted octanol–water partition coefficient (Wildman–Crippen LogP) is 3.17. The van der Waals surface area contributed by atoms with Gasteiger partial charge in [-0.05, 0) is 0 Å². The topological polar surface area (TPSA) is 76.0 Å². The fourth-order valence-electron chi connectivity index (χ4n) is 3.23. The van der Waals surface area contributed by atoms with Gasteiger partial charge in [0.2, 0.25) is 0 Å². The first-order valence-electron chi connectivity index (χ1n) is 9.18. The molecule has 2 amide bonds. The molecule has 4 rings (SSSR count). The van der Waals surface area contributed by atoms with Crippen molar-refractivity contribution in [3.05, 3.63) is 66.6 Å². The predicted molar refractivity (Wildman–Crippen MR) is 123 cm³/mol. The fraction of sp³-hybridized carbons (Fsp3) is 0.190. The third-order valence-electron chi connectivity index (χ3n) is 4.67. The number of imidazole rings is 1. The first-order chi connectivity index (χ1) is 14.0. The zero-order chi connectivity index (χ0) is 20.4. The van der Waals surface area contributed by atoms with E-state index in [9.17, 15) is 9.59 Å². The Morgan fingerprint density at radius 3 is 3.03 bits per heavy atom. The van der Waals surface area contributed by atoms with Gasteiger partial charge < -0.3 is 0 Å². The zero-order valence-electron chi connectivity index (χ0n) is 15.7. The van der Waals surface area contributed by atoms with Gasteiger partial charge in [0.25, 0.3) is 0 Å². The van der Waals surface area contributed by atoms with Crippen LogP contribution in [0.3, 0.4) is 0 Å². The number of carbonyl (C=O) groups is 2. The molecule has 0 unspecified atom stereocenters. The summed E-state index contributed by atoms with van der Waals surface area (Å²) >= 11 is 2.29. The maximum absolute atomic E-state index is 12.6. The molecule has 3 aromatic rings. The number of nitrogens with one attached hydrogen (secondary N) is 2. The van der Waals surface area contributed by atoms with Gasteiger partial charge in [-0.3, -0.25) is 0 Å². The summed E-state index contributed by atoms with van der Waals surface area (Å²) in [6.07, 6.45) is 8.21. The molecule has 0 bridgehead atoms. The summed E-state index contributed by atoms with van der Waals surface area (Å²) in [4.78, 5) is 29.0. The van der Waals surface area contributed by atoms with E-state index in [0.29, 0.717) is 12.1 Å². The Bertz CT molecular complexity index is 1100. The number of benzene rings is 1. The Kier molecular flexibility index (Phi) is 6.03. The van der Waals surface area contributed by atoms with Crippen LogP contribution in [-0.4, -0.2) is 42.4 Å². The molecule has 6 nitrogen and oxygen atoms in total. The van der Waals surface area contributed by atoms with Gasteiger partial charge >= 0.3 is 189 Å². The van der Waals surface area contributed by atoms with E-state index in [1.807, 2.05) is 48.0 Å². The quantitative estimate of drug-likeness (QED) is 0.209. The molecule has 1 aliphatic rings. The van der Waals surface area contributed by atoms with Crippen LogP contribution < -0.4 is 10.6 Å². The number of nitrogens with zero attached hydrogens (tertiary/aromatic N) is 2. The molecule has 148 valence electrons. The summed E-state index contributed by atoms with van der Waals surface area (Å²) in [6.45, 7) is 3.43. The minimum atomic E-state index is -0.0891. The van der Waals surface area contributed by atoms with E-state index < -0.39 is 0 Å². The summed E-state index contributed by atoms with van der Waals surface area (Å²) in [6, 6.07) is 7.83. The molecular weight excluding hydrogens is 546 g/mol. The van der Waals surface area contributed by atoms with Crippen LogP contribution in [0, 0.1) is 10.5 Å². The van der Waals surface area contributed by atoms with Crippen molar-refractivity contribution in [1.29, 1.82) is 0 Å². The Hall–Kier alpha value is -2.16. The van der Waals surface area contributed by atoms with Gasteiger partial charge in [-0.1, -0.05) is 0 Å². The van der Waals surface area contributed by atoms with E-state index in [4.69, 9.17) is 0 Å². The number of rotatable bonds is 6. The monoisotopic (exact) mass is 566 g/mol. The normalized spacial score (nSPS) is 14.1. The summed E-state index contributed by atoms with van der Waals surface area (Å²) in [7, 11) is 0. The van der Waals surface area contributed by atoms with Crippen molar-refractivity contribution in [2.24, 2.45) is 0 Å². The number of fused-ring (bicyclic) bond motifs is 1. The van der Waals surface area contributed by atoms with Gasteiger partial charge in [-0.25, -0.2) is 0 Å². The molecule has 3 heterocycles. The average Bonchev–Trinajstić information content (AvgIpc) is 3.40. The number of halogens is 1. The van der Waals surface area contributed by atoms with Crippen molar-refractivity contribution in [2.75, 3.05) is 11.9 Å². The van der Waals surface area contributed by atoms with Crippen LogP contribution in [0.25, 0.3) is 11.6 Å². The number of aryl methyl sites for hydroxylation is 2. The third-order valence-corrected chi connectivity index (χ3v) is 7.43. The molecule has 8 heteroatoms.